The second-order valence-electron chi connectivity index (χ2n) is 4.23. The van der Waals surface area contributed by atoms with Crippen molar-refractivity contribution in [2.45, 2.75) is 12.5 Å². The highest BCUT2D eigenvalue weighted by atomic mass is 16.6. The molecule has 0 radical (unpaired) electrons. The number of rotatable bonds is 5. The van der Waals surface area contributed by atoms with Crippen molar-refractivity contribution in [3.8, 4) is 0 Å². The second kappa shape index (κ2) is 6.11. The van der Waals surface area contributed by atoms with Crippen LogP contribution in [0.3, 0.4) is 0 Å². The standard InChI is InChI=1S/C15H15NO3/c1-19-15(11-12-7-3-2-4-8-12)13-9-5-6-10-14(13)16(17)18/h2-10,15H,11H2,1H3. The molecule has 0 spiro atoms. The number of hydrogen-bond acceptors (Lipinski definition) is 3. The summed E-state index contributed by atoms with van der Waals surface area (Å²) >= 11 is 0. The zero-order chi connectivity index (χ0) is 13.7. The highest BCUT2D eigenvalue weighted by Gasteiger charge is 2.21. The summed E-state index contributed by atoms with van der Waals surface area (Å²) in [7, 11) is 1.57. The third kappa shape index (κ3) is 3.17. The van der Waals surface area contributed by atoms with Crippen molar-refractivity contribution in [2.75, 3.05) is 7.11 Å². The van der Waals surface area contributed by atoms with Crippen LogP contribution >= 0.6 is 0 Å². The fourth-order valence-electron chi connectivity index (χ4n) is 2.07. The van der Waals surface area contributed by atoms with Gasteiger partial charge in [0.2, 0.25) is 0 Å². The molecule has 4 heteroatoms. The molecule has 2 rings (SSSR count). The van der Waals surface area contributed by atoms with E-state index in [0.29, 0.717) is 12.0 Å². The number of methoxy groups -OCH3 is 1. The van der Waals surface area contributed by atoms with Gasteiger partial charge in [0, 0.05) is 19.6 Å². The maximum Gasteiger partial charge on any atom is 0.275 e. The normalized spacial score (nSPS) is 12.1. The van der Waals surface area contributed by atoms with E-state index in [4.69, 9.17) is 4.74 Å². The Morgan fingerprint density at radius 2 is 1.74 bits per heavy atom. The molecule has 0 saturated heterocycles. The SMILES string of the molecule is COC(Cc1ccccc1)c1ccccc1[N+](=O)[O-]. The molecule has 0 heterocycles. The van der Waals surface area contributed by atoms with E-state index in [0.717, 1.165) is 5.56 Å². The van der Waals surface area contributed by atoms with E-state index in [2.05, 4.69) is 0 Å². The van der Waals surface area contributed by atoms with Crippen LogP contribution in [-0.2, 0) is 11.2 Å². The van der Waals surface area contributed by atoms with Crippen molar-refractivity contribution in [3.05, 3.63) is 75.8 Å². The molecular weight excluding hydrogens is 242 g/mol. The van der Waals surface area contributed by atoms with E-state index < -0.39 is 0 Å². The lowest BCUT2D eigenvalue weighted by molar-refractivity contribution is -0.386. The smallest absolute Gasteiger partial charge is 0.275 e. The minimum absolute atomic E-state index is 0.102. The average Bonchev–Trinajstić information content (AvgIpc) is 2.46. The van der Waals surface area contributed by atoms with Gasteiger partial charge in [-0.3, -0.25) is 10.1 Å². The van der Waals surface area contributed by atoms with Crippen LogP contribution in [0.2, 0.25) is 0 Å². The van der Waals surface area contributed by atoms with Gasteiger partial charge in [-0.25, -0.2) is 0 Å². The van der Waals surface area contributed by atoms with Crippen LogP contribution in [-0.4, -0.2) is 12.0 Å². The first-order valence-corrected chi connectivity index (χ1v) is 6.02. The first kappa shape index (κ1) is 13.2. The van der Waals surface area contributed by atoms with E-state index in [-0.39, 0.29) is 16.7 Å². The number of para-hydroxylation sites is 1. The molecule has 0 amide bonds. The maximum atomic E-state index is 11.0. The van der Waals surface area contributed by atoms with Gasteiger partial charge in [0.1, 0.15) is 0 Å². The Morgan fingerprint density at radius 3 is 2.37 bits per heavy atom. The van der Waals surface area contributed by atoms with Crippen LogP contribution in [0.1, 0.15) is 17.2 Å². The predicted octanol–water partition coefficient (Wildman–Crippen LogP) is 3.53. The Kier molecular flexibility index (Phi) is 4.26. The quantitative estimate of drug-likeness (QED) is 0.608. The minimum Gasteiger partial charge on any atom is -0.376 e. The number of nitrogens with zero attached hydrogens (tertiary/aromatic N) is 1. The Morgan fingerprint density at radius 1 is 1.11 bits per heavy atom. The van der Waals surface area contributed by atoms with Gasteiger partial charge in [0.15, 0.2) is 0 Å². The van der Waals surface area contributed by atoms with E-state index in [1.165, 1.54) is 6.07 Å². The predicted molar refractivity (Wildman–Crippen MR) is 73.0 cm³/mol. The van der Waals surface area contributed by atoms with Gasteiger partial charge in [-0.05, 0) is 11.6 Å². The number of benzene rings is 2. The summed E-state index contributed by atoms with van der Waals surface area (Å²) in [4.78, 5) is 10.7. The van der Waals surface area contributed by atoms with Gasteiger partial charge in [-0.1, -0.05) is 42.5 Å². The molecule has 0 aliphatic heterocycles. The summed E-state index contributed by atoms with van der Waals surface area (Å²) in [6, 6.07) is 16.5. The zero-order valence-electron chi connectivity index (χ0n) is 10.7. The Bertz CT molecular complexity index is 554. The topological polar surface area (TPSA) is 52.4 Å². The van der Waals surface area contributed by atoms with Crippen molar-refractivity contribution in [2.24, 2.45) is 0 Å². The number of nitro benzene ring substituents is 1. The highest BCUT2D eigenvalue weighted by Crippen LogP contribution is 2.29. The molecule has 0 aliphatic rings. The van der Waals surface area contributed by atoms with Crippen LogP contribution in [0.5, 0.6) is 0 Å². The molecular formula is C15H15NO3. The molecule has 0 N–H and O–H groups in total. The fraction of sp³-hybridized carbons (Fsp3) is 0.200. The van der Waals surface area contributed by atoms with Gasteiger partial charge < -0.3 is 4.74 Å². The van der Waals surface area contributed by atoms with E-state index in [9.17, 15) is 10.1 Å². The van der Waals surface area contributed by atoms with Crippen molar-refractivity contribution >= 4 is 5.69 Å². The van der Waals surface area contributed by atoms with Crippen LogP contribution in [0.25, 0.3) is 0 Å². The molecule has 98 valence electrons. The summed E-state index contributed by atoms with van der Waals surface area (Å²) in [5, 5.41) is 11.0. The van der Waals surface area contributed by atoms with Gasteiger partial charge in [0.05, 0.1) is 16.6 Å². The summed E-state index contributed by atoms with van der Waals surface area (Å²) in [5.41, 5.74) is 1.80. The van der Waals surface area contributed by atoms with Crippen LogP contribution in [0, 0.1) is 10.1 Å². The molecule has 0 aromatic heterocycles. The first-order valence-electron chi connectivity index (χ1n) is 6.02. The molecule has 1 unspecified atom stereocenters. The lowest BCUT2D eigenvalue weighted by atomic mass is 10.00. The van der Waals surface area contributed by atoms with Gasteiger partial charge in [-0.2, -0.15) is 0 Å². The average molecular weight is 257 g/mol. The monoisotopic (exact) mass is 257 g/mol. The molecule has 0 bridgehead atoms. The largest absolute Gasteiger partial charge is 0.376 e. The molecule has 0 saturated carbocycles. The van der Waals surface area contributed by atoms with E-state index in [1.54, 1.807) is 25.3 Å². The van der Waals surface area contributed by atoms with Crippen molar-refractivity contribution < 1.29 is 9.66 Å². The van der Waals surface area contributed by atoms with Crippen molar-refractivity contribution in [1.29, 1.82) is 0 Å². The number of ether oxygens (including phenoxy) is 1. The van der Waals surface area contributed by atoms with Gasteiger partial charge in [0.25, 0.3) is 5.69 Å². The second-order valence-corrected chi connectivity index (χ2v) is 4.23. The third-order valence-corrected chi connectivity index (χ3v) is 3.03. The maximum absolute atomic E-state index is 11.0. The minimum atomic E-state index is -0.369. The van der Waals surface area contributed by atoms with E-state index in [1.807, 2.05) is 30.3 Å². The molecule has 2 aromatic carbocycles. The fourth-order valence-corrected chi connectivity index (χ4v) is 2.07. The summed E-state index contributed by atoms with van der Waals surface area (Å²) in [6.45, 7) is 0. The lowest BCUT2D eigenvalue weighted by Crippen LogP contribution is -2.08. The molecule has 2 aromatic rings. The molecule has 4 nitrogen and oxygen atoms in total. The number of hydrogen-bond donors (Lipinski definition) is 0. The van der Waals surface area contributed by atoms with Crippen molar-refractivity contribution in [1.82, 2.24) is 0 Å². The molecule has 0 fully saturated rings. The van der Waals surface area contributed by atoms with Crippen molar-refractivity contribution in [3.63, 3.8) is 0 Å². The molecule has 1 atom stereocenters. The van der Waals surface area contributed by atoms with Gasteiger partial charge >= 0.3 is 0 Å². The van der Waals surface area contributed by atoms with Gasteiger partial charge in [-0.15, -0.1) is 0 Å². The van der Waals surface area contributed by atoms with Crippen LogP contribution < -0.4 is 0 Å². The Labute approximate surface area is 111 Å². The Balaban J connectivity index is 2.30. The van der Waals surface area contributed by atoms with E-state index >= 15 is 0 Å². The highest BCUT2D eigenvalue weighted by molar-refractivity contribution is 5.42. The Hall–Kier alpha value is -2.20. The lowest BCUT2D eigenvalue weighted by Gasteiger charge is -2.15. The van der Waals surface area contributed by atoms with Crippen LogP contribution in [0.15, 0.2) is 54.6 Å². The molecule has 0 aliphatic carbocycles. The summed E-state index contributed by atoms with van der Waals surface area (Å²) in [5.74, 6) is 0. The third-order valence-electron chi connectivity index (χ3n) is 3.03. The van der Waals surface area contributed by atoms with Crippen LogP contribution in [0.4, 0.5) is 5.69 Å². The molecule has 19 heavy (non-hydrogen) atoms. The number of nitro groups is 1. The zero-order valence-corrected chi connectivity index (χ0v) is 10.7. The summed E-state index contributed by atoms with van der Waals surface area (Å²) < 4.78 is 5.43. The summed E-state index contributed by atoms with van der Waals surface area (Å²) in [6.07, 6.45) is 0.298. The first-order chi connectivity index (χ1) is 9.22.